The molecule has 5 nitrogen and oxygen atoms in total. The molecule has 3 rings (SSSR count). The molecule has 3 aromatic rings. The molecule has 7 heteroatoms. The van der Waals surface area contributed by atoms with Gasteiger partial charge >= 0.3 is 0 Å². The summed E-state index contributed by atoms with van der Waals surface area (Å²) in [5.74, 6) is -0.683. The van der Waals surface area contributed by atoms with Crippen molar-refractivity contribution in [3.05, 3.63) is 64.4 Å². The van der Waals surface area contributed by atoms with Gasteiger partial charge < -0.3 is 5.32 Å². The molecule has 2 aromatic heterocycles. The van der Waals surface area contributed by atoms with Crippen LogP contribution in [0.4, 0.5) is 4.39 Å². The first-order chi connectivity index (χ1) is 10.2. The lowest BCUT2D eigenvalue weighted by atomic mass is 10.3. The zero-order valence-corrected chi connectivity index (χ0v) is 11.7. The van der Waals surface area contributed by atoms with Crippen molar-refractivity contribution >= 4 is 17.2 Å². The summed E-state index contributed by atoms with van der Waals surface area (Å²) < 4.78 is 14.5. The van der Waals surface area contributed by atoms with Gasteiger partial charge in [0.15, 0.2) is 5.69 Å². The summed E-state index contributed by atoms with van der Waals surface area (Å²) in [4.78, 5) is 13.0. The molecule has 0 spiro atoms. The van der Waals surface area contributed by atoms with E-state index in [1.54, 1.807) is 23.5 Å². The van der Waals surface area contributed by atoms with E-state index in [-0.39, 0.29) is 17.4 Å². The zero-order valence-electron chi connectivity index (χ0n) is 10.9. The zero-order chi connectivity index (χ0) is 14.7. The maximum Gasteiger partial charge on any atom is 0.273 e. The van der Waals surface area contributed by atoms with Crippen molar-refractivity contribution in [3.63, 3.8) is 0 Å². The number of hydrogen-bond donors (Lipinski definition) is 1. The summed E-state index contributed by atoms with van der Waals surface area (Å²) in [5, 5.41) is 12.3. The minimum absolute atomic E-state index is 0.191. The van der Waals surface area contributed by atoms with Gasteiger partial charge in [-0.25, -0.2) is 9.07 Å². The predicted molar refractivity (Wildman–Crippen MR) is 76.8 cm³/mol. The standard InChI is InChI=1S/C14H11FN4OS/c15-10-3-1-4-11(7-10)19-9-13(17-18-19)14(20)16-8-12-5-2-6-21-12/h1-7,9H,8H2,(H,16,20). The fourth-order valence-electron chi connectivity index (χ4n) is 1.78. The van der Waals surface area contributed by atoms with Crippen molar-refractivity contribution in [3.8, 4) is 5.69 Å². The lowest BCUT2D eigenvalue weighted by molar-refractivity contribution is 0.0946. The molecule has 106 valence electrons. The lowest BCUT2D eigenvalue weighted by Gasteiger charge is -2.00. The maximum atomic E-state index is 13.2. The molecule has 0 saturated carbocycles. The van der Waals surface area contributed by atoms with Gasteiger partial charge in [-0.3, -0.25) is 4.79 Å². The Morgan fingerprint density at radius 1 is 1.33 bits per heavy atom. The number of carbonyl (C=O) groups excluding carboxylic acids is 1. The number of benzene rings is 1. The number of hydrogen-bond acceptors (Lipinski definition) is 4. The van der Waals surface area contributed by atoms with Crippen molar-refractivity contribution in [1.29, 1.82) is 0 Å². The van der Waals surface area contributed by atoms with Crippen LogP contribution in [-0.2, 0) is 6.54 Å². The van der Waals surface area contributed by atoms with Gasteiger partial charge in [-0.1, -0.05) is 17.3 Å². The molecule has 0 fully saturated rings. The monoisotopic (exact) mass is 302 g/mol. The lowest BCUT2D eigenvalue weighted by Crippen LogP contribution is -2.22. The van der Waals surface area contributed by atoms with Crippen LogP contribution in [0.25, 0.3) is 5.69 Å². The van der Waals surface area contributed by atoms with E-state index in [9.17, 15) is 9.18 Å². The van der Waals surface area contributed by atoms with Crippen LogP contribution in [0, 0.1) is 5.82 Å². The number of aromatic nitrogens is 3. The Bertz CT molecular complexity index is 754. The van der Waals surface area contributed by atoms with Gasteiger partial charge in [-0.15, -0.1) is 16.4 Å². The highest BCUT2D eigenvalue weighted by molar-refractivity contribution is 7.09. The summed E-state index contributed by atoms with van der Waals surface area (Å²) in [6, 6.07) is 9.78. The van der Waals surface area contributed by atoms with Crippen LogP contribution in [0.5, 0.6) is 0 Å². The molecule has 21 heavy (non-hydrogen) atoms. The predicted octanol–water partition coefficient (Wildman–Crippen LogP) is 2.40. The van der Waals surface area contributed by atoms with Gasteiger partial charge in [0.2, 0.25) is 0 Å². The van der Waals surface area contributed by atoms with Gasteiger partial charge in [0.25, 0.3) is 5.91 Å². The number of carbonyl (C=O) groups is 1. The molecule has 0 radical (unpaired) electrons. The Morgan fingerprint density at radius 3 is 3.00 bits per heavy atom. The third-order valence-corrected chi connectivity index (χ3v) is 3.68. The average Bonchev–Trinajstić information content (AvgIpc) is 3.16. The Labute approximate surface area is 124 Å². The molecule has 1 amide bonds. The normalized spacial score (nSPS) is 10.5. The smallest absolute Gasteiger partial charge is 0.273 e. The first-order valence-corrected chi connectivity index (χ1v) is 7.09. The van der Waals surface area contributed by atoms with Crippen LogP contribution >= 0.6 is 11.3 Å². The average molecular weight is 302 g/mol. The molecule has 0 unspecified atom stereocenters. The first kappa shape index (κ1) is 13.4. The number of halogens is 1. The SMILES string of the molecule is O=C(NCc1cccs1)c1cn(-c2cccc(F)c2)nn1. The molecule has 1 aromatic carbocycles. The Kier molecular flexibility index (Phi) is 3.74. The van der Waals surface area contributed by atoms with Gasteiger partial charge in [0.1, 0.15) is 5.82 Å². The second-order valence-electron chi connectivity index (χ2n) is 4.29. The molecular formula is C14H11FN4OS. The number of nitrogens with zero attached hydrogens (tertiary/aromatic N) is 3. The van der Waals surface area contributed by atoms with Crippen LogP contribution in [0.15, 0.2) is 48.0 Å². The quantitative estimate of drug-likeness (QED) is 0.805. The minimum Gasteiger partial charge on any atom is -0.346 e. The molecule has 0 saturated heterocycles. The van der Waals surface area contributed by atoms with Crippen LogP contribution in [0.1, 0.15) is 15.4 Å². The number of thiophene rings is 1. The Balaban J connectivity index is 1.71. The van der Waals surface area contributed by atoms with Gasteiger partial charge in [0.05, 0.1) is 18.4 Å². The van der Waals surface area contributed by atoms with Gasteiger partial charge in [0, 0.05) is 4.88 Å². The molecular weight excluding hydrogens is 291 g/mol. The molecule has 0 aliphatic carbocycles. The molecule has 0 bridgehead atoms. The molecule has 0 atom stereocenters. The summed E-state index contributed by atoms with van der Waals surface area (Å²) in [6.45, 7) is 0.448. The van der Waals surface area contributed by atoms with E-state index in [0.29, 0.717) is 12.2 Å². The van der Waals surface area contributed by atoms with Crippen LogP contribution in [-0.4, -0.2) is 20.9 Å². The second-order valence-corrected chi connectivity index (χ2v) is 5.32. The van der Waals surface area contributed by atoms with Crippen LogP contribution in [0.2, 0.25) is 0 Å². The fraction of sp³-hybridized carbons (Fsp3) is 0.0714. The third-order valence-electron chi connectivity index (χ3n) is 2.80. The van der Waals surface area contributed by atoms with Crippen LogP contribution < -0.4 is 5.32 Å². The second kappa shape index (κ2) is 5.84. The Hall–Kier alpha value is -2.54. The van der Waals surface area contributed by atoms with E-state index in [1.807, 2.05) is 17.5 Å². The first-order valence-electron chi connectivity index (χ1n) is 6.21. The van der Waals surface area contributed by atoms with E-state index in [2.05, 4.69) is 15.6 Å². The summed E-state index contributed by atoms with van der Waals surface area (Å²) in [5.41, 5.74) is 0.704. The van der Waals surface area contributed by atoms with E-state index < -0.39 is 0 Å². The largest absolute Gasteiger partial charge is 0.346 e. The van der Waals surface area contributed by atoms with Gasteiger partial charge in [-0.05, 0) is 29.6 Å². The number of rotatable bonds is 4. The highest BCUT2D eigenvalue weighted by Crippen LogP contribution is 2.10. The summed E-state index contributed by atoms with van der Waals surface area (Å²) >= 11 is 1.57. The Morgan fingerprint density at radius 2 is 2.24 bits per heavy atom. The van der Waals surface area contributed by atoms with Crippen molar-refractivity contribution in [2.24, 2.45) is 0 Å². The topological polar surface area (TPSA) is 59.8 Å². The fourth-order valence-corrected chi connectivity index (χ4v) is 2.43. The molecule has 0 aliphatic heterocycles. The maximum absolute atomic E-state index is 13.2. The van der Waals surface area contributed by atoms with Crippen molar-refractivity contribution < 1.29 is 9.18 Å². The summed E-state index contributed by atoms with van der Waals surface area (Å²) in [6.07, 6.45) is 1.47. The number of amides is 1. The summed E-state index contributed by atoms with van der Waals surface area (Å²) in [7, 11) is 0. The molecule has 0 aliphatic rings. The highest BCUT2D eigenvalue weighted by Gasteiger charge is 2.11. The van der Waals surface area contributed by atoms with Crippen LogP contribution in [0.3, 0.4) is 0 Å². The van der Waals surface area contributed by atoms with Gasteiger partial charge in [-0.2, -0.15) is 0 Å². The minimum atomic E-state index is -0.369. The third kappa shape index (κ3) is 3.14. The van der Waals surface area contributed by atoms with E-state index >= 15 is 0 Å². The van der Waals surface area contributed by atoms with Crippen molar-refractivity contribution in [2.75, 3.05) is 0 Å². The van der Waals surface area contributed by atoms with E-state index in [4.69, 9.17) is 0 Å². The van der Waals surface area contributed by atoms with E-state index in [0.717, 1.165) is 4.88 Å². The van der Waals surface area contributed by atoms with E-state index in [1.165, 1.54) is 23.0 Å². The molecule has 2 heterocycles. The highest BCUT2D eigenvalue weighted by atomic mass is 32.1. The van der Waals surface area contributed by atoms with Crippen molar-refractivity contribution in [1.82, 2.24) is 20.3 Å². The molecule has 1 N–H and O–H groups in total. The number of nitrogens with one attached hydrogen (secondary N) is 1. The van der Waals surface area contributed by atoms with Crippen molar-refractivity contribution in [2.45, 2.75) is 6.54 Å².